The molecule has 0 aromatic rings. The van der Waals surface area contributed by atoms with E-state index in [0.717, 1.165) is 62.0 Å². The fraction of sp³-hybridized carbons (Fsp3) is 0.957. The molecule has 0 heterocycles. The van der Waals surface area contributed by atoms with Gasteiger partial charge in [-0.05, 0) is 92.9 Å². The van der Waals surface area contributed by atoms with Crippen molar-refractivity contribution < 1.29 is 9.00 Å². The third kappa shape index (κ3) is 3.08. The first-order valence-corrected chi connectivity index (χ1v) is 12.8. The number of ketones is 1. The molecule has 9 atom stereocenters. The van der Waals surface area contributed by atoms with Gasteiger partial charge in [-0.25, -0.2) is 0 Å². The van der Waals surface area contributed by atoms with E-state index in [2.05, 4.69) is 20.8 Å². The highest BCUT2D eigenvalue weighted by Crippen LogP contribution is 2.66. The van der Waals surface area contributed by atoms with Gasteiger partial charge in [0, 0.05) is 33.6 Å². The minimum atomic E-state index is -0.701. The van der Waals surface area contributed by atoms with Gasteiger partial charge in [0.1, 0.15) is 5.78 Å². The summed E-state index contributed by atoms with van der Waals surface area (Å²) in [5, 5.41) is 0.389. The summed E-state index contributed by atoms with van der Waals surface area (Å²) in [5.41, 5.74) is 6.00. The van der Waals surface area contributed by atoms with Crippen molar-refractivity contribution in [1.29, 1.82) is 0 Å². The first-order valence-electron chi connectivity index (χ1n) is 11.4. The van der Waals surface area contributed by atoms with Crippen LogP contribution in [0, 0.1) is 40.4 Å². The molecule has 3 nitrogen and oxygen atoms in total. The number of rotatable bonds is 4. The van der Waals surface area contributed by atoms with Gasteiger partial charge in [0.25, 0.3) is 0 Å². The molecule has 27 heavy (non-hydrogen) atoms. The van der Waals surface area contributed by atoms with Crippen molar-refractivity contribution in [2.45, 2.75) is 83.8 Å². The molecule has 2 N–H and O–H groups in total. The standard InChI is InChI=1S/C23H39NO2S/c1-15-13-16-14-17(27(26)12-4-11-24)7-9-22(16,2)19-8-10-23(3)18(21(15)19)5-6-20(23)25/h15-19,21H,4-14,24H2,1-3H3/t15?,16?,17?,18-,19+,21-,22-,23-,27?/m0/s1. The first kappa shape index (κ1) is 20.1. The maximum absolute atomic E-state index is 12.7. The van der Waals surface area contributed by atoms with Crippen molar-refractivity contribution in [1.82, 2.24) is 0 Å². The quantitative estimate of drug-likeness (QED) is 0.774. The fourth-order valence-electron chi connectivity index (χ4n) is 8.00. The Bertz CT molecular complexity index is 621. The predicted molar refractivity (Wildman–Crippen MR) is 112 cm³/mol. The number of carbonyl (C=O) groups excluding carboxylic acids is 1. The van der Waals surface area contributed by atoms with Crippen LogP contribution in [0.1, 0.15) is 78.6 Å². The monoisotopic (exact) mass is 393 g/mol. The second-order valence-electron chi connectivity index (χ2n) is 10.7. The number of nitrogens with two attached hydrogens (primary N) is 1. The summed E-state index contributed by atoms with van der Waals surface area (Å²) in [6, 6.07) is 0. The number of carbonyl (C=O) groups is 1. The number of Topliss-reactive ketones (excluding diaryl/α,β-unsaturated/α-hetero) is 1. The molecule has 4 saturated carbocycles. The molecule has 0 amide bonds. The van der Waals surface area contributed by atoms with Crippen LogP contribution in [0.5, 0.6) is 0 Å². The van der Waals surface area contributed by atoms with E-state index in [0.29, 0.717) is 34.8 Å². The Labute approximate surface area is 168 Å². The Morgan fingerprint density at radius 3 is 2.63 bits per heavy atom. The van der Waals surface area contributed by atoms with E-state index in [1.54, 1.807) is 0 Å². The smallest absolute Gasteiger partial charge is 0.139 e. The van der Waals surface area contributed by atoms with E-state index in [1.165, 1.54) is 19.3 Å². The minimum Gasteiger partial charge on any atom is -0.330 e. The molecule has 4 heteroatoms. The van der Waals surface area contributed by atoms with E-state index in [9.17, 15) is 9.00 Å². The number of hydrogen-bond donors (Lipinski definition) is 1. The van der Waals surface area contributed by atoms with Gasteiger partial charge in [0.2, 0.25) is 0 Å². The summed E-state index contributed by atoms with van der Waals surface area (Å²) in [5.74, 6) is 4.88. The van der Waals surface area contributed by atoms with Crippen LogP contribution in [0.15, 0.2) is 0 Å². The summed E-state index contributed by atoms with van der Waals surface area (Å²) >= 11 is 0. The highest BCUT2D eigenvalue weighted by atomic mass is 32.2. The summed E-state index contributed by atoms with van der Waals surface area (Å²) < 4.78 is 12.7. The lowest BCUT2D eigenvalue weighted by molar-refractivity contribution is -0.146. The van der Waals surface area contributed by atoms with Gasteiger partial charge in [-0.3, -0.25) is 9.00 Å². The SMILES string of the molecule is CC1CC2CC(S(=O)CCCN)CC[C@]2(C)[C@@H]2CC[C@]3(C)C(=O)CC[C@H]3[C@H]12. The van der Waals surface area contributed by atoms with Gasteiger partial charge in [0.15, 0.2) is 0 Å². The molecule has 0 bridgehead atoms. The van der Waals surface area contributed by atoms with Crippen LogP contribution in [0.25, 0.3) is 0 Å². The van der Waals surface area contributed by atoms with Crippen molar-refractivity contribution in [3.8, 4) is 0 Å². The van der Waals surface area contributed by atoms with Gasteiger partial charge >= 0.3 is 0 Å². The first-order chi connectivity index (χ1) is 12.8. The molecule has 0 spiro atoms. The van der Waals surface area contributed by atoms with Crippen LogP contribution < -0.4 is 5.73 Å². The minimum absolute atomic E-state index is 0.0282. The van der Waals surface area contributed by atoms with Crippen molar-refractivity contribution in [2.75, 3.05) is 12.3 Å². The van der Waals surface area contributed by atoms with Gasteiger partial charge in [-0.2, -0.15) is 0 Å². The predicted octanol–water partition coefficient (Wildman–Crippen LogP) is 4.31. The van der Waals surface area contributed by atoms with Gasteiger partial charge in [-0.1, -0.05) is 20.8 Å². The lowest BCUT2D eigenvalue weighted by Gasteiger charge is -2.62. The molecule has 4 aliphatic carbocycles. The van der Waals surface area contributed by atoms with Crippen LogP contribution in [-0.4, -0.2) is 27.5 Å². The van der Waals surface area contributed by atoms with Crippen molar-refractivity contribution in [3.63, 3.8) is 0 Å². The fourth-order valence-corrected chi connectivity index (χ4v) is 9.61. The summed E-state index contributed by atoms with van der Waals surface area (Å²) in [4.78, 5) is 12.6. The van der Waals surface area contributed by atoms with E-state index in [-0.39, 0.29) is 5.41 Å². The van der Waals surface area contributed by atoms with Gasteiger partial charge in [-0.15, -0.1) is 0 Å². The van der Waals surface area contributed by atoms with Crippen LogP contribution >= 0.6 is 0 Å². The molecule has 4 rings (SSSR count). The third-order valence-corrected chi connectivity index (χ3v) is 11.5. The third-order valence-electron chi connectivity index (χ3n) is 9.61. The Kier molecular flexibility index (Phi) is 5.38. The maximum atomic E-state index is 12.7. The van der Waals surface area contributed by atoms with E-state index in [1.807, 2.05) is 0 Å². The van der Waals surface area contributed by atoms with Crippen molar-refractivity contribution >= 4 is 16.6 Å². The second-order valence-corrected chi connectivity index (χ2v) is 12.6. The van der Waals surface area contributed by atoms with Crippen LogP contribution in [-0.2, 0) is 15.6 Å². The Hall–Kier alpha value is -0.220. The van der Waals surface area contributed by atoms with Crippen LogP contribution in [0.4, 0.5) is 0 Å². The molecule has 4 aliphatic rings. The maximum Gasteiger partial charge on any atom is 0.139 e. The lowest BCUT2D eigenvalue weighted by atomic mass is 9.43. The molecule has 4 unspecified atom stereocenters. The molecule has 154 valence electrons. The number of fused-ring (bicyclic) bond motifs is 5. The average molecular weight is 394 g/mol. The van der Waals surface area contributed by atoms with E-state index >= 15 is 0 Å². The molecule has 0 aromatic carbocycles. The highest BCUT2D eigenvalue weighted by Gasteiger charge is 2.62. The summed E-state index contributed by atoms with van der Waals surface area (Å²) in [7, 11) is -0.701. The zero-order valence-corrected chi connectivity index (χ0v) is 18.4. The molecule has 0 aromatic heterocycles. The second kappa shape index (κ2) is 7.23. The molecule has 0 radical (unpaired) electrons. The largest absolute Gasteiger partial charge is 0.330 e. The zero-order valence-electron chi connectivity index (χ0n) is 17.5. The molecule has 0 aliphatic heterocycles. The van der Waals surface area contributed by atoms with Gasteiger partial charge < -0.3 is 5.73 Å². The highest BCUT2D eigenvalue weighted by molar-refractivity contribution is 7.85. The number of hydrogen-bond acceptors (Lipinski definition) is 3. The van der Waals surface area contributed by atoms with Crippen LogP contribution in [0.3, 0.4) is 0 Å². The normalized spacial score (nSPS) is 50.6. The summed E-state index contributed by atoms with van der Waals surface area (Å²) in [6.07, 6.45) is 9.99. The Balaban J connectivity index is 1.54. The topological polar surface area (TPSA) is 60.2 Å². The Morgan fingerprint density at radius 2 is 1.89 bits per heavy atom. The lowest BCUT2D eigenvalue weighted by Crippen LogP contribution is -2.56. The van der Waals surface area contributed by atoms with Crippen molar-refractivity contribution in [3.05, 3.63) is 0 Å². The van der Waals surface area contributed by atoms with Gasteiger partial charge in [0.05, 0.1) is 0 Å². The molecular weight excluding hydrogens is 354 g/mol. The summed E-state index contributed by atoms with van der Waals surface area (Å²) in [6.45, 7) is 7.95. The van der Waals surface area contributed by atoms with Crippen molar-refractivity contribution in [2.24, 2.45) is 46.2 Å². The molecular formula is C23H39NO2S. The zero-order chi connectivity index (χ0) is 19.4. The average Bonchev–Trinajstić information content (AvgIpc) is 2.95. The van der Waals surface area contributed by atoms with Crippen LogP contribution in [0.2, 0.25) is 0 Å². The Morgan fingerprint density at radius 1 is 1.11 bits per heavy atom. The van der Waals surface area contributed by atoms with E-state index in [4.69, 9.17) is 5.73 Å². The van der Waals surface area contributed by atoms with E-state index < -0.39 is 10.8 Å². The molecule has 4 fully saturated rings. The molecule has 0 saturated heterocycles.